The van der Waals surface area contributed by atoms with Crippen LogP contribution in [0.4, 0.5) is 0 Å². The molecule has 2 saturated heterocycles. The van der Waals surface area contributed by atoms with Crippen LogP contribution in [0.25, 0.3) is 16.1 Å². The van der Waals surface area contributed by atoms with Crippen molar-refractivity contribution in [3.05, 3.63) is 16.1 Å². The molecule has 26 heteroatoms. The van der Waals surface area contributed by atoms with Gasteiger partial charge in [-0.3, -0.25) is 10.1 Å². The summed E-state index contributed by atoms with van der Waals surface area (Å²) in [5, 5.41) is 76.3. The Morgan fingerprint density at radius 2 is 0.746 bits per heavy atom. The van der Waals surface area contributed by atoms with E-state index < -0.39 is 10.2 Å². The first kappa shape index (κ1) is 78.0. The minimum atomic E-state index is -4.94. The van der Waals surface area contributed by atoms with Gasteiger partial charge in [-0.05, 0) is 109 Å². The Hall–Kier alpha value is -3.21. The van der Waals surface area contributed by atoms with Gasteiger partial charge in [-0.15, -0.1) is 22.3 Å². The quantitative estimate of drug-likeness (QED) is 0.0650. The zero-order valence-corrected chi connectivity index (χ0v) is 44.6. The van der Waals surface area contributed by atoms with E-state index >= 15 is 0 Å². The Balaban J connectivity index is -0.000000141. The monoisotopic (exact) mass is 1050 g/mol. The number of nitriles is 4. The first-order valence-electron chi connectivity index (χ1n) is 21.0. The molecule has 0 spiro atoms. The van der Waals surface area contributed by atoms with Crippen LogP contribution < -0.4 is 61.2 Å². The van der Waals surface area contributed by atoms with E-state index in [-0.39, 0.29) is 55.1 Å². The van der Waals surface area contributed by atoms with Gasteiger partial charge in [0.15, 0.2) is 0 Å². The standard InChI is InChI=1S/2C16H36N4.C3H7NO.3C2N3.ClHO4.2Ni/c2*1-13-11-15(3,4)19-10-8-18-14(2)12-16(5,6)20-9-7-17-13;1-4(2)3-5;3*3-1-5-2-4;2-1(3,4)5;;/h2*13-14,17-20H,7-12H2,1-6H3;3H,1-2H3;;;;(H,2,3,4,5);;/q;;;3*-1;;2*+2/p-1/t2*13-,14-;;;;;;;/m11......./s1. The molecule has 0 aromatic carbocycles. The second-order valence-electron chi connectivity index (χ2n) is 17.9. The van der Waals surface area contributed by atoms with E-state index in [0.29, 0.717) is 24.2 Å². The average Bonchev–Trinajstić information content (AvgIpc) is 3.16. The third-order valence-electron chi connectivity index (χ3n) is 8.66. The van der Waals surface area contributed by atoms with Gasteiger partial charge in [-0.2, -0.15) is 10.5 Å². The van der Waals surface area contributed by atoms with Gasteiger partial charge in [0.2, 0.25) is 6.41 Å². The molecule has 0 aliphatic carbocycles. The van der Waals surface area contributed by atoms with Gasteiger partial charge >= 0.3 is 33.0 Å². The fourth-order valence-corrected chi connectivity index (χ4v) is 6.58. The van der Waals surface area contributed by atoms with Crippen LogP contribution in [0.1, 0.15) is 109 Å². The summed E-state index contributed by atoms with van der Waals surface area (Å²) in [4.78, 5) is 16.0. The number of carbonyl (C=O) groups excluding carboxylic acids is 1. The van der Waals surface area contributed by atoms with E-state index in [2.05, 4.69) is 141 Å². The Labute approximate surface area is 424 Å². The minimum Gasteiger partial charge on any atom is -0.422 e. The molecule has 8 N–H and O–H groups in total. The van der Waals surface area contributed by atoms with Crippen molar-refractivity contribution in [3.8, 4) is 24.8 Å². The summed E-state index contributed by atoms with van der Waals surface area (Å²) < 4.78 is 34.0. The predicted molar refractivity (Wildman–Crippen MR) is 244 cm³/mol. The van der Waals surface area contributed by atoms with Crippen LogP contribution in [0, 0.1) is 56.1 Å². The van der Waals surface area contributed by atoms with Crippen LogP contribution >= 0.6 is 0 Å². The van der Waals surface area contributed by atoms with E-state index in [1.54, 1.807) is 14.1 Å². The summed E-state index contributed by atoms with van der Waals surface area (Å²) in [5.41, 5.74) is 0.755. The van der Waals surface area contributed by atoms with Gasteiger partial charge in [-0.1, -0.05) is 0 Å². The Kier molecular flexibility index (Phi) is 54.1. The van der Waals surface area contributed by atoms with Crippen molar-refractivity contribution in [2.45, 2.75) is 155 Å². The average molecular weight is 1060 g/mol. The molecular formula is C41H79ClN18Ni2O5. The first-order chi connectivity index (χ1) is 29.9. The van der Waals surface area contributed by atoms with Gasteiger partial charge in [0.05, 0.1) is 12.4 Å². The number of nitrogens with one attached hydrogen (secondary N) is 8. The van der Waals surface area contributed by atoms with Crippen molar-refractivity contribution in [1.82, 2.24) is 47.4 Å². The molecule has 2 aliphatic rings. The van der Waals surface area contributed by atoms with Crippen molar-refractivity contribution < 1.29 is 66.7 Å². The number of nitrogens with zero attached hydrogens (tertiary/aromatic N) is 10. The molecule has 2 rings (SSSR count). The Morgan fingerprint density at radius 3 is 0.851 bits per heavy atom. The molecule has 0 unspecified atom stereocenters. The number of rotatable bonds is 1. The molecule has 67 heavy (non-hydrogen) atoms. The van der Waals surface area contributed by atoms with Gasteiger partial charge in [0.25, 0.3) is 0 Å². The molecule has 0 aromatic heterocycles. The zero-order valence-electron chi connectivity index (χ0n) is 41.9. The Bertz CT molecular complexity index is 1330. The molecule has 1 amide bonds. The van der Waals surface area contributed by atoms with Gasteiger partial charge in [0.1, 0.15) is 0 Å². The van der Waals surface area contributed by atoms with E-state index in [1.807, 2.05) is 0 Å². The van der Waals surface area contributed by atoms with E-state index in [4.69, 9.17) is 50.5 Å². The molecule has 4 atom stereocenters. The van der Waals surface area contributed by atoms with Crippen molar-refractivity contribution in [3.63, 3.8) is 0 Å². The van der Waals surface area contributed by atoms with Crippen molar-refractivity contribution >= 4 is 18.4 Å². The molecule has 0 saturated carbocycles. The second kappa shape index (κ2) is 46.5. The second-order valence-corrected chi connectivity index (χ2v) is 18.6. The summed E-state index contributed by atoms with van der Waals surface area (Å²) in [7, 11) is -1.57. The molecule has 390 valence electrons. The fraction of sp³-hybridized carbons (Fsp3) is 0.829. The normalized spacial score (nSPS) is 22.1. The maximum atomic E-state index is 9.43. The third kappa shape index (κ3) is 71.9. The van der Waals surface area contributed by atoms with Crippen molar-refractivity contribution in [1.29, 1.82) is 21.0 Å². The van der Waals surface area contributed by atoms with Crippen LogP contribution in [0.5, 0.6) is 0 Å². The molecule has 23 nitrogen and oxygen atoms in total. The maximum absolute atomic E-state index is 9.43. The predicted octanol–water partition coefficient (Wildman–Crippen LogP) is -1.37. The summed E-state index contributed by atoms with van der Waals surface area (Å²) >= 11 is 0. The maximum Gasteiger partial charge on any atom is 2.00 e. The summed E-state index contributed by atoms with van der Waals surface area (Å²) in [5.74, 6) is 0. The summed E-state index contributed by atoms with van der Waals surface area (Å²) in [6.07, 6.45) is 10.5. The number of hydrogen-bond donors (Lipinski definition) is 8. The third-order valence-corrected chi connectivity index (χ3v) is 8.66. The van der Waals surface area contributed by atoms with Crippen LogP contribution in [0.3, 0.4) is 0 Å². The Morgan fingerprint density at radius 1 is 0.552 bits per heavy atom. The number of carbonyl (C=O) groups is 1. The van der Waals surface area contributed by atoms with Crippen molar-refractivity contribution in [2.24, 2.45) is 9.98 Å². The van der Waals surface area contributed by atoms with Gasteiger partial charge in [-0.25, -0.2) is 18.6 Å². The van der Waals surface area contributed by atoms with Gasteiger partial charge in [0, 0.05) is 125 Å². The summed E-state index contributed by atoms with van der Waals surface area (Å²) in [6.45, 7) is 35.7. The largest absolute Gasteiger partial charge is 2.00 e. The van der Waals surface area contributed by atoms with Crippen LogP contribution in [0.15, 0.2) is 9.98 Å². The molecule has 2 fully saturated rings. The van der Waals surface area contributed by atoms with E-state index in [1.165, 1.54) is 41.7 Å². The molecule has 0 bridgehead atoms. The van der Waals surface area contributed by atoms with Crippen LogP contribution in [-0.4, -0.2) is 136 Å². The molecular weight excluding hydrogens is 977 g/mol. The van der Waals surface area contributed by atoms with Gasteiger partial charge < -0.3 is 78.8 Å². The number of amides is 1. The molecule has 0 aromatic rings. The molecule has 2 aliphatic heterocycles. The number of hydrogen-bond acceptors (Lipinski definition) is 19. The zero-order chi connectivity index (χ0) is 51.6. The van der Waals surface area contributed by atoms with Crippen LogP contribution in [0.2, 0.25) is 0 Å². The van der Waals surface area contributed by atoms with E-state index in [9.17, 15) is 4.79 Å². The smallest absolute Gasteiger partial charge is 0.422 e. The number of halogens is 1. The summed E-state index contributed by atoms with van der Waals surface area (Å²) in [6, 6.07) is 4.72. The molecule has 0 radical (unpaired) electrons. The van der Waals surface area contributed by atoms with E-state index in [0.717, 1.165) is 84.5 Å². The van der Waals surface area contributed by atoms with Crippen molar-refractivity contribution in [2.75, 3.05) is 66.5 Å². The first-order valence-corrected chi connectivity index (χ1v) is 22.3. The topological polar surface area (TPSA) is 387 Å². The number of aliphatic imine (C=N–C) groups is 2. The molecule has 2 heterocycles. The SMILES string of the molecule is CN(C)C=O.C[C@@H]1CC(C)(C)NCCN[C@H](C)CC(C)(C)NCCN1.C[C@@H]1CC(C)(C)NCCN[C@H](C)CC(C)(C)NCCN1.N#CN=C=[N-].N#CN=C=[N-].N#C[N-]C#N.[Ni+2].[Ni+2].[O-][Cl+3]([O-])([O-])[O-]. The minimum absolute atomic E-state index is 0. The fourth-order valence-electron chi connectivity index (χ4n) is 6.58. The van der Waals surface area contributed by atoms with Crippen LogP contribution in [-0.2, 0) is 37.8 Å².